The Morgan fingerprint density at radius 3 is 2.21 bits per heavy atom. The van der Waals surface area contributed by atoms with Crippen LogP contribution in [0.3, 0.4) is 0 Å². The van der Waals surface area contributed by atoms with E-state index in [4.69, 9.17) is 9.47 Å². The highest BCUT2D eigenvalue weighted by molar-refractivity contribution is 7.13. The minimum absolute atomic E-state index is 0.376. The molecule has 0 radical (unpaired) electrons. The first-order valence-corrected chi connectivity index (χ1v) is 9.88. The lowest BCUT2D eigenvalue weighted by Gasteiger charge is -2.30. The maximum absolute atomic E-state index is 12.6. The first kappa shape index (κ1) is 20.6. The summed E-state index contributed by atoms with van der Waals surface area (Å²) in [5, 5.41) is 9.10. The molecule has 0 saturated heterocycles. The van der Waals surface area contributed by atoms with E-state index in [9.17, 15) is 9.59 Å². The number of benzene rings is 1. The second kappa shape index (κ2) is 8.48. The summed E-state index contributed by atoms with van der Waals surface area (Å²) < 4.78 is 10.0. The Morgan fingerprint density at radius 2 is 1.69 bits per heavy atom. The molecule has 0 aliphatic carbocycles. The topological polar surface area (TPSA) is 89.5 Å². The van der Waals surface area contributed by atoms with E-state index in [-0.39, 0.29) is 0 Å². The molecule has 0 amide bonds. The van der Waals surface area contributed by atoms with Crippen LogP contribution in [0.4, 0.5) is 10.8 Å². The molecule has 2 heterocycles. The predicted octanol–water partition coefficient (Wildman–Crippen LogP) is 3.78. The van der Waals surface area contributed by atoms with Crippen molar-refractivity contribution in [1.82, 2.24) is 10.3 Å². The Kier molecular flexibility index (Phi) is 6.03. The molecule has 1 aliphatic rings. The number of nitrogens with one attached hydrogen (secondary N) is 2. The van der Waals surface area contributed by atoms with Crippen molar-refractivity contribution in [1.29, 1.82) is 0 Å². The number of rotatable bonds is 5. The minimum Gasteiger partial charge on any atom is -0.466 e. The smallest absolute Gasteiger partial charge is 0.336 e. The SMILES string of the molecule is COC(=O)C1=C(C)NC(C)=C(C(=O)OC)C1c1cccc(Nc2nc(C)cs2)c1. The highest BCUT2D eigenvalue weighted by Crippen LogP contribution is 2.40. The Bertz CT molecular complexity index is 984. The Labute approximate surface area is 173 Å². The van der Waals surface area contributed by atoms with E-state index < -0.39 is 17.9 Å². The van der Waals surface area contributed by atoms with Crippen LogP contribution in [0, 0.1) is 6.92 Å². The van der Waals surface area contributed by atoms with Crippen LogP contribution in [0.15, 0.2) is 52.2 Å². The molecule has 7 nitrogen and oxygen atoms in total. The molecular formula is C21H23N3O4S. The maximum Gasteiger partial charge on any atom is 0.336 e. The van der Waals surface area contributed by atoms with E-state index in [0.717, 1.165) is 22.1 Å². The summed E-state index contributed by atoms with van der Waals surface area (Å²) in [7, 11) is 2.65. The summed E-state index contributed by atoms with van der Waals surface area (Å²) in [6.45, 7) is 5.51. The minimum atomic E-state index is -0.615. The molecule has 1 aliphatic heterocycles. The van der Waals surface area contributed by atoms with Gasteiger partial charge in [0.1, 0.15) is 0 Å². The Hall–Kier alpha value is -3.13. The number of dihydropyridines is 1. The van der Waals surface area contributed by atoms with Gasteiger partial charge < -0.3 is 20.1 Å². The quantitative estimate of drug-likeness (QED) is 0.721. The number of anilines is 2. The molecule has 1 aromatic heterocycles. The van der Waals surface area contributed by atoms with Gasteiger partial charge in [0, 0.05) is 22.5 Å². The van der Waals surface area contributed by atoms with Crippen LogP contribution in [0.1, 0.15) is 31.0 Å². The van der Waals surface area contributed by atoms with Crippen molar-refractivity contribution in [2.24, 2.45) is 0 Å². The lowest BCUT2D eigenvalue weighted by molar-refractivity contribution is -0.137. The third-order valence-electron chi connectivity index (χ3n) is 4.66. The van der Waals surface area contributed by atoms with Gasteiger partial charge >= 0.3 is 11.9 Å². The van der Waals surface area contributed by atoms with Gasteiger partial charge in [0.05, 0.1) is 37.0 Å². The summed E-state index contributed by atoms with van der Waals surface area (Å²) in [4.78, 5) is 29.6. The van der Waals surface area contributed by atoms with Crippen molar-refractivity contribution in [3.05, 3.63) is 63.4 Å². The average molecular weight is 413 g/mol. The first-order chi connectivity index (χ1) is 13.8. The molecule has 0 spiro atoms. The van der Waals surface area contributed by atoms with Crippen molar-refractivity contribution in [3.8, 4) is 0 Å². The summed E-state index contributed by atoms with van der Waals surface area (Å²) >= 11 is 1.51. The van der Waals surface area contributed by atoms with Crippen LogP contribution < -0.4 is 10.6 Å². The van der Waals surface area contributed by atoms with Gasteiger partial charge in [0.15, 0.2) is 5.13 Å². The molecular weight excluding hydrogens is 390 g/mol. The largest absolute Gasteiger partial charge is 0.466 e. The van der Waals surface area contributed by atoms with Crippen LogP contribution in [-0.4, -0.2) is 31.1 Å². The molecule has 8 heteroatoms. The number of hydrogen-bond acceptors (Lipinski definition) is 8. The molecule has 152 valence electrons. The molecule has 0 fully saturated rings. The number of aryl methyl sites for hydroxylation is 1. The third kappa shape index (κ3) is 4.17. The number of ether oxygens (including phenoxy) is 2. The van der Waals surface area contributed by atoms with Crippen LogP contribution in [0.5, 0.6) is 0 Å². The van der Waals surface area contributed by atoms with Crippen molar-refractivity contribution >= 4 is 34.1 Å². The Morgan fingerprint density at radius 1 is 1.07 bits per heavy atom. The molecule has 29 heavy (non-hydrogen) atoms. The van der Waals surface area contributed by atoms with Gasteiger partial charge in [0.2, 0.25) is 0 Å². The molecule has 0 atom stereocenters. The van der Waals surface area contributed by atoms with E-state index in [2.05, 4.69) is 15.6 Å². The number of carbonyl (C=O) groups excluding carboxylic acids is 2. The van der Waals surface area contributed by atoms with E-state index in [1.807, 2.05) is 36.6 Å². The van der Waals surface area contributed by atoms with Crippen LogP contribution in [-0.2, 0) is 19.1 Å². The molecule has 2 aromatic rings. The normalized spacial score (nSPS) is 14.5. The fourth-order valence-electron chi connectivity index (χ4n) is 3.42. The van der Waals surface area contributed by atoms with Crippen molar-refractivity contribution < 1.29 is 19.1 Å². The van der Waals surface area contributed by atoms with Gasteiger partial charge in [-0.3, -0.25) is 0 Å². The number of esters is 2. The second-order valence-electron chi connectivity index (χ2n) is 6.66. The van der Waals surface area contributed by atoms with Gasteiger partial charge in [-0.25, -0.2) is 14.6 Å². The zero-order valence-electron chi connectivity index (χ0n) is 17.0. The van der Waals surface area contributed by atoms with Crippen LogP contribution in [0.2, 0.25) is 0 Å². The highest BCUT2D eigenvalue weighted by atomic mass is 32.1. The number of hydrogen-bond donors (Lipinski definition) is 2. The molecule has 1 aromatic carbocycles. The first-order valence-electron chi connectivity index (χ1n) is 9.00. The van der Waals surface area contributed by atoms with Gasteiger partial charge in [-0.2, -0.15) is 0 Å². The van der Waals surface area contributed by atoms with Crippen molar-refractivity contribution in [3.63, 3.8) is 0 Å². The van der Waals surface area contributed by atoms with Crippen LogP contribution >= 0.6 is 11.3 Å². The van der Waals surface area contributed by atoms with Gasteiger partial charge in [-0.1, -0.05) is 12.1 Å². The number of nitrogens with zero attached hydrogens (tertiary/aromatic N) is 1. The summed E-state index contributed by atoms with van der Waals surface area (Å²) in [5.41, 5.74) is 4.54. The highest BCUT2D eigenvalue weighted by Gasteiger charge is 2.37. The zero-order chi connectivity index (χ0) is 21.1. The van der Waals surface area contributed by atoms with Gasteiger partial charge in [-0.15, -0.1) is 11.3 Å². The third-order valence-corrected chi connectivity index (χ3v) is 5.54. The van der Waals surface area contributed by atoms with E-state index in [1.54, 1.807) is 13.8 Å². The Balaban J connectivity index is 2.09. The monoisotopic (exact) mass is 413 g/mol. The summed E-state index contributed by atoms with van der Waals surface area (Å²) in [5.74, 6) is -1.61. The van der Waals surface area contributed by atoms with Crippen LogP contribution in [0.25, 0.3) is 0 Å². The molecule has 2 N–H and O–H groups in total. The zero-order valence-corrected chi connectivity index (χ0v) is 17.8. The van der Waals surface area contributed by atoms with E-state index in [0.29, 0.717) is 22.5 Å². The number of thiazole rings is 1. The predicted molar refractivity (Wildman–Crippen MR) is 112 cm³/mol. The van der Waals surface area contributed by atoms with Gasteiger partial charge in [-0.05, 0) is 38.5 Å². The second-order valence-corrected chi connectivity index (χ2v) is 7.52. The molecule has 0 bridgehead atoms. The van der Waals surface area contributed by atoms with E-state index in [1.165, 1.54) is 25.6 Å². The number of allylic oxidation sites excluding steroid dienone is 2. The maximum atomic E-state index is 12.6. The number of methoxy groups -OCH3 is 2. The summed E-state index contributed by atoms with van der Waals surface area (Å²) in [6.07, 6.45) is 0. The molecule has 3 rings (SSSR count). The fourth-order valence-corrected chi connectivity index (χ4v) is 4.13. The van der Waals surface area contributed by atoms with Crippen molar-refractivity contribution in [2.75, 3.05) is 19.5 Å². The fraction of sp³-hybridized carbons (Fsp3) is 0.286. The van der Waals surface area contributed by atoms with E-state index >= 15 is 0 Å². The van der Waals surface area contributed by atoms with Crippen molar-refractivity contribution in [2.45, 2.75) is 26.7 Å². The average Bonchev–Trinajstić information content (AvgIpc) is 3.11. The lowest BCUT2D eigenvalue weighted by atomic mass is 9.80. The summed E-state index contributed by atoms with van der Waals surface area (Å²) in [6, 6.07) is 7.55. The standard InChI is InChI=1S/C21H23N3O4S/c1-11-10-29-21(22-11)24-15-8-6-7-14(9-15)18-16(19(25)27-4)12(2)23-13(3)17(18)20(26)28-5/h6-10,18,23H,1-5H3,(H,22,24). The van der Waals surface area contributed by atoms with Gasteiger partial charge in [0.25, 0.3) is 0 Å². The number of aromatic nitrogens is 1. The molecule has 0 unspecified atom stereocenters. The molecule has 0 saturated carbocycles. The lowest BCUT2D eigenvalue weighted by Crippen LogP contribution is -2.32. The number of carbonyl (C=O) groups is 2.